The molecular formula is C21H21N5O3. The fraction of sp³-hybridized carbons (Fsp3) is 0.286. The van der Waals surface area contributed by atoms with E-state index in [9.17, 15) is 14.4 Å². The maximum Gasteiger partial charge on any atom is 0.263 e. The monoisotopic (exact) mass is 391 g/mol. The van der Waals surface area contributed by atoms with Gasteiger partial charge >= 0.3 is 0 Å². The van der Waals surface area contributed by atoms with Crippen LogP contribution in [0.2, 0.25) is 0 Å². The van der Waals surface area contributed by atoms with Gasteiger partial charge in [-0.2, -0.15) is 5.11 Å². The molecule has 2 heterocycles. The molecule has 1 saturated heterocycles. The van der Waals surface area contributed by atoms with Crippen LogP contribution < -0.4 is 10.2 Å². The SMILES string of the molecule is Cc1ccc(N2C(=O)[C@H]3N=NN(CC(=O)NCc4ccccc4)[C@@H]3C2=O)cc1C. The van der Waals surface area contributed by atoms with Gasteiger partial charge in [0, 0.05) is 6.54 Å². The summed E-state index contributed by atoms with van der Waals surface area (Å²) in [6.45, 7) is 4.12. The van der Waals surface area contributed by atoms with Crippen molar-refractivity contribution in [1.29, 1.82) is 0 Å². The number of benzene rings is 2. The van der Waals surface area contributed by atoms with Crippen LogP contribution in [0.5, 0.6) is 0 Å². The number of rotatable bonds is 5. The summed E-state index contributed by atoms with van der Waals surface area (Å²) in [5.74, 6) is -1.12. The van der Waals surface area contributed by atoms with E-state index in [0.29, 0.717) is 12.2 Å². The largest absolute Gasteiger partial charge is 0.350 e. The molecule has 3 amide bonds. The fourth-order valence-electron chi connectivity index (χ4n) is 3.47. The standard InChI is InChI=1S/C21H21N5O3/c1-13-8-9-16(10-14(13)2)26-20(28)18-19(21(26)29)25(24-23-18)12-17(27)22-11-15-6-4-3-5-7-15/h3-10,18-19H,11-12H2,1-2H3,(H,22,27)/t18-,19-/m0/s1. The summed E-state index contributed by atoms with van der Waals surface area (Å²) in [7, 11) is 0. The van der Waals surface area contributed by atoms with E-state index in [1.165, 1.54) is 5.01 Å². The van der Waals surface area contributed by atoms with Crippen LogP contribution in [0, 0.1) is 13.8 Å². The van der Waals surface area contributed by atoms with Gasteiger partial charge in [0.2, 0.25) is 5.91 Å². The summed E-state index contributed by atoms with van der Waals surface area (Å²) >= 11 is 0. The summed E-state index contributed by atoms with van der Waals surface area (Å²) in [5.41, 5.74) is 3.54. The lowest BCUT2D eigenvalue weighted by Gasteiger charge is -2.20. The molecule has 2 aromatic rings. The molecule has 0 bridgehead atoms. The maximum atomic E-state index is 13.0. The Balaban J connectivity index is 1.45. The van der Waals surface area contributed by atoms with Crippen LogP contribution in [0.1, 0.15) is 16.7 Å². The predicted octanol–water partition coefficient (Wildman–Crippen LogP) is 1.91. The van der Waals surface area contributed by atoms with Gasteiger partial charge in [-0.1, -0.05) is 41.6 Å². The number of hydrogen-bond donors (Lipinski definition) is 1. The molecule has 4 rings (SSSR count). The first kappa shape index (κ1) is 18.8. The van der Waals surface area contributed by atoms with Gasteiger partial charge in [-0.25, -0.2) is 4.90 Å². The first-order chi connectivity index (χ1) is 14.0. The molecule has 1 fully saturated rings. The van der Waals surface area contributed by atoms with Crippen molar-refractivity contribution in [3.63, 3.8) is 0 Å². The third-order valence-corrected chi connectivity index (χ3v) is 5.24. The third-order valence-electron chi connectivity index (χ3n) is 5.24. The second kappa shape index (κ2) is 7.46. The zero-order chi connectivity index (χ0) is 20.5. The van der Waals surface area contributed by atoms with Crippen molar-refractivity contribution in [1.82, 2.24) is 10.3 Å². The molecule has 0 spiro atoms. The minimum atomic E-state index is -0.911. The van der Waals surface area contributed by atoms with Crippen molar-refractivity contribution in [3.8, 4) is 0 Å². The molecule has 1 N–H and O–H groups in total. The van der Waals surface area contributed by atoms with Crippen LogP contribution in [-0.2, 0) is 20.9 Å². The number of nitrogens with one attached hydrogen (secondary N) is 1. The third kappa shape index (κ3) is 3.49. The van der Waals surface area contributed by atoms with E-state index < -0.39 is 23.9 Å². The Kier molecular flexibility index (Phi) is 4.84. The molecule has 2 aliphatic heterocycles. The smallest absolute Gasteiger partial charge is 0.263 e. The molecule has 8 heteroatoms. The van der Waals surface area contributed by atoms with Crippen molar-refractivity contribution >= 4 is 23.4 Å². The number of carbonyl (C=O) groups excluding carboxylic acids is 3. The molecule has 0 unspecified atom stereocenters. The van der Waals surface area contributed by atoms with Crippen molar-refractivity contribution in [2.24, 2.45) is 10.3 Å². The van der Waals surface area contributed by atoms with Crippen LogP contribution in [0.25, 0.3) is 0 Å². The van der Waals surface area contributed by atoms with Gasteiger partial charge in [0.25, 0.3) is 11.8 Å². The van der Waals surface area contributed by atoms with Gasteiger partial charge in [0.05, 0.1) is 5.69 Å². The summed E-state index contributed by atoms with van der Waals surface area (Å²) in [6.07, 6.45) is 0. The molecule has 2 aromatic carbocycles. The van der Waals surface area contributed by atoms with Gasteiger partial charge in [-0.05, 0) is 42.7 Å². The van der Waals surface area contributed by atoms with E-state index >= 15 is 0 Å². The predicted molar refractivity (Wildman–Crippen MR) is 106 cm³/mol. The van der Waals surface area contributed by atoms with Gasteiger partial charge in [-0.15, -0.1) is 0 Å². The lowest BCUT2D eigenvalue weighted by atomic mass is 10.1. The summed E-state index contributed by atoms with van der Waals surface area (Å²) in [4.78, 5) is 39.2. The molecule has 0 aliphatic carbocycles. The first-order valence-corrected chi connectivity index (χ1v) is 9.39. The Hall–Kier alpha value is -3.55. The number of fused-ring (bicyclic) bond motifs is 1. The maximum absolute atomic E-state index is 13.0. The molecule has 29 heavy (non-hydrogen) atoms. The second-order valence-electron chi connectivity index (χ2n) is 7.23. The minimum absolute atomic E-state index is 0.142. The topological polar surface area (TPSA) is 94.4 Å². The van der Waals surface area contributed by atoms with E-state index in [-0.39, 0.29) is 12.5 Å². The number of anilines is 1. The van der Waals surface area contributed by atoms with Crippen molar-refractivity contribution in [2.45, 2.75) is 32.5 Å². The van der Waals surface area contributed by atoms with E-state index in [2.05, 4.69) is 15.7 Å². The quantitative estimate of drug-likeness (QED) is 0.788. The highest BCUT2D eigenvalue weighted by atomic mass is 16.2. The number of imide groups is 1. The van der Waals surface area contributed by atoms with E-state index in [1.54, 1.807) is 12.1 Å². The summed E-state index contributed by atoms with van der Waals surface area (Å²) in [5, 5.41) is 12.0. The first-order valence-electron chi connectivity index (χ1n) is 9.39. The van der Waals surface area contributed by atoms with Gasteiger partial charge in [-0.3, -0.25) is 19.4 Å². The number of amides is 3. The van der Waals surface area contributed by atoms with E-state index in [0.717, 1.165) is 21.6 Å². The normalized spacial score (nSPS) is 20.3. The van der Waals surface area contributed by atoms with Crippen molar-refractivity contribution in [2.75, 3.05) is 11.4 Å². The van der Waals surface area contributed by atoms with Crippen LogP contribution in [-0.4, -0.2) is 41.4 Å². The Labute approximate surface area is 168 Å². The highest BCUT2D eigenvalue weighted by Crippen LogP contribution is 2.32. The number of hydrogen-bond acceptors (Lipinski definition) is 6. The van der Waals surface area contributed by atoms with E-state index in [4.69, 9.17) is 0 Å². The lowest BCUT2D eigenvalue weighted by molar-refractivity contribution is -0.125. The van der Waals surface area contributed by atoms with Crippen LogP contribution in [0.3, 0.4) is 0 Å². The summed E-state index contributed by atoms with van der Waals surface area (Å²) < 4.78 is 0. The Morgan fingerprint density at radius 2 is 1.79 bits per heavy atom. The van der Waals surface area contributed by atoms with Crippen molar-refractivity contribution in [3.05, 3.63) is 65.2 Å². The Bertz CT molecular complexity index is 1000. The Morgan fingerprint density at radius 1 is 1.03 bits per heavy atom. The van der Waals surface area contributed by atoms with Gasteiger partial charge in [0.15, 0.2) is 12.1 Å². The van der Waals surface area contributed by atoms with Crippen molar-refractivity contribution < 1.29 is 14.4 Å². The molecule has 0 aromatic heterocycles. The molecule has 2 atom stereocenters. The zero-order valence-corrected chi connectivity index (χ0v) is 16.2. The van der Waals surface area contributed by atoms with Gasteiger partial charge in [0.1, 0.15) is 6.54 Å². The fourth-order valence-corrected chi connectivity index (χ4v) is 3.47. The minimum Gasteiger partial charge on any atom is -0.350 e. The molecule has 8 nitrogen and oxygen atoms in total. The second-order valence-corrected chi connectivity index (χ2v) is 7.23. The number of aryl methyl sites for hydroxylation is 2. The number of nitrogens with zero attached hydrogens (tertiary/aromatic N) is 4. The zero-order valence-electron chi connectivity index (χ0n) is 16.2. The van der Waals surface area contributed by atoms with Gasteiger partial charge < -0.3 is 5.32 Å². The van der Waals surface area contributed by atoms with Crippen LogP contribution in [0.4, 0.5) is 5.69 Å². The van der Waals surface area contributed by atoms with Crippen LogP contribution >= 0.6 is 0 Å². The number of carbonyl (C=O) groups is 3. The molecule has 0 radical (unpaired) electrons. The molecule has 0 saturated carbocycles. The van der Waals surface area contributed by atoms with Crippen LogP contribution in [0.15, 0.2) is 58.9 Å². The average molecular weight is 391 g/mol. The highest BCUT2D eigenvalue weighted by Gasteiger charge is 2.55. The Morgan fingerprint density at radius 3 is 2.52 bits per heavy atom. The molecular weight excluding hydrogens is 370 g/mol. The lowest BCUT2D eigenvalue weighted by Crippen LogP contribution is -2.44. The molecule has 2 aliphatic rings. The van der Waals surface area contributed by atoms with E-state index in [1.807, 2.05) is 50.2 Å². The summed E-state index contributed by atoms with van der Waals surface area (Å²) in [6, 6.07) is 13.1. The average Bonchev–Trinajstić information content (AvgIpc) is 3.23. The molecule has 148 valence electrons. The highest BCUT2D eigenvalue weighted by molar-refractivity contribution is 6.25.